The van der Waals surface area contributed by atoms with Crippen LogP contribution in [0, 0.1) is 0 Å². The molecule has 0 aromatic carbocycles. The maximum Gasteiger partial charge on any atom is 0.110 e. The van der Waals surface area contributed by atoms with Crippen LogP contribution in [-0.2, 0) is 0 Å². The van der Waals surface area contributed by atoms with Gasteiger partial charge in [-0.3, -0.25) is 0 Å². The minimum Gasteiger partial charge on any atom is -0.391 e. The first-order chi connectivity index (χ1) is 13.5. The van der Waals surface area contributed by atoms with Gasteiger partial charge >= 0.3 is 0 Å². The lowest BCUT2D eigenvalue weighted by molar-refractivity contribution is -0.0952. The summed E-state index contributed by atoms with van der Waals surface area (Å²) in [6, 6.07) is 0. The summed E-state index contributed by atoms with van der Waals surface area (Å²) in [6.45, 7) is 5.87. The minimum absolute atomic E-state index is 0.172. The molecule has 4 unspecified atom stereocenters. The summed E-state index contributed by atoms with van der Waals surface area (Å²) in [6.07, 6.45) is 10.1. The van der Waals surface area contributed by atoms with Gasteiger partial charge in [0.2, 0.25) is 0 Å². The first kappa shape index (κ1) is 28.5. The van der Waals surface area contributed by atoms with Crippen LogP contribution >= 0.6 is 23.5 Å². The number of thioether (sulfide) groups is 2. The molecule has 0 aliphatic carbocycles. The second-order valence-electron chi connectivity index (χ2n) is 7.86. The average molecular weight is 439 g/mol. The normalized spacial score (nSPS) is 16.3. The van der Waals surface area contributed by atoms with Crippen molar-refractivity contribution >= 4 is 23.5 Å². The average Bonchev–Trinajstić information content (AvgIpc) is 2.69. The standard InChI is InChI=1S/C22H46O4S2/c1-4-6-8-10-12-14-16-27-22(21(26)20(25)19(24)18(3)23)28-17-15-13-11-9-7-5-2/h18-26H,4-17H2,1-3H3. The van der Waals surface area contributed by atoms with Gasteiger partial charge in [0.1, 0.15) is 18.3 Å². The summed E-state index contributed by atoms with van der Waals surface area (Å²) in [5.41, 5.74) is 0. The molecule has 0 aliphatic heterocycles. The summed E-state index contributed by atoms with van der Waals surface area (Å²) in [5, 5.41) is 40.3. The van der Waals surface area contributed by atoms with Crippen LogP contribution in [0.4, 0.5) is 0 Å². The van der Waals surface area contributed by atoms with E-state index in [1.54, 1.807) is 23.5 Å². The maximum absolute atomic E-state index is 10.6. The Hall–Kier alpha value is 0.540. The van der Waals surface area contributed by atoms with Crippen LogP contribution in [0.25, 0.3) is 0 Å². The molecule has 4 N–H and O–H groups in total. The Morgan fingerprint density at radius 2 is 0.929 bits per heavy atom. The van der Waals surface area contributed by atoms with E-state index in [-0.39, 0.29) is 4.58 Å². The van der Waals surface area contributed by atoms with Crippen LogP contribution in [0.1, 0.15) is 97.8 Å². The number of aliphatic hydroxyl groups excluding tert-OH is 4. The van der Waals surface area contributed by atoms with Crippen molar-refractivity contribution in [1.82, 2.24) is 0 Å². The molecule has 0 rings (SSSR count). The van der Waals surface area contributed by atoms with Gasteiger partial charge in [-0.1, -0.05) is 78.1 Å². The number of aliphatic hydroxyl groups is 4. The molecule has 0 radical (unpaired) electrons. The third-order valence-corrected chi connectivity index (χ3v) is 8.11. The highest BCUT2D eigenvalue weighted by atomic mass is 32.2. The van der Waals surface area contributed by atoms with E-state index in [1.165, 1.54) is 71.1 Å². The van der Waals surface area contributed by atoms with Crippen molar-refractivity contribution in [2.24, 2.45) is 0 Å². The second-order valence-corrected chi connectivity index (χ2v) is 10.7. The van der Waals surface area contributed by atoms with Crippen LogP contribution < -0.4 is 0 Å². The van der Waals surface area contributed by atoms with Gasteiger partial charge in [0.15, 0.2) is 0 Å². The SMILES string of the molecule is CCCCCCCCSC(SCCCCCCCC)C(O)C(O)C(O)C(C)O. The third-order valence-electron chi connectivity index (χ3n) is 5.03. The highest BCUT2D eigenvalue weighted by Crippen LogP contribution is 2.31. The summed E-state index contributed by atoms with van der Waals surface area (Å²) in [4.78, 5) is 0. The first-order valence-electron chi connectivity index (χ1n) is 11.4. The van der Waals surface area contributed by atoms with Crippen molar-refractivity contribution in [3.05, 3.63) is 0 Å². The lowest BCUT2D eigenvalue weighted by Gasteiger charge is -2.30. The van der Waals surface area contributed by atoms with E-state index in [0.717, 1.165) is 24.3 Å². The number of hydrogen-bond acceptors (Lipinski definition) is 6. The van der Waals surface area contributed by atoms with Gasteiger partial charge in [-0.15, -0.1) is 23.5 Å². The zero-order valence-electron chi connectivity index (χ0n) is 18.4. The Bertz CT molecular complexity index is 314. The van der Waals surface area contributed by atoms with Gasteiger partial charge in [0.25, 0.3) is 0 Å². The molecule has 0 spiro atoms. The molecular weight excluding hydrogens is 392 g/mol. The van der Waals surface area contributed by atoms with Gasteiger partial charge in [0.05, 0.1) is 10.7 Å². The van der Waals surface area contributed by atoms with E-state index >= 15 is 0 Å². The van der Waals surface area contributed by atoms with Gasteiger partial charge in [-0.25, -0.2) is 0 Å². The fraction of sp³-hybridized carbons (Fsp3) is 1.00. The molecule has 6 heteroatoms. The molecular formula is C22H46O4S2. The molecule has 4 atom stereocenters. The molecule has 0 aromatic rings. The predicted octanol–water partition coefficient (Wildman–Crippen LogP) is 4.96. The topological polar surface area (TPSA) is 80.9 Å². The fourth-order valence-corrected chi connectivity index (χ4v) is 5.94. The Balaban J connectivity index is 4.32. The quantitative estimate of drug-likeness (QED) is 0.159. The van der Waals surface area contributed by atoms with Crippen molar-refractivity contribution in [2.75, 3.05) is 11.5 Å². The van der Waals surface area contributed by atoms with Gasteiger partial charge < -0.3 is 20.4 Å². The van der Waals surface area contributed by atoms with Gasteiger partial charge in [-0.05, 0) is 31.3 Å². The zero-order valence-corrected chi connectivity index (χ0v) is 20.0. The Morgan fingerprint density at radius 1 is 0.536 bits per heavy atom. The van der Waals surface area contributed by atoms with Crippen LogP contribution in [-0.4, -0.2) is 60.9 Å². The largest absolute Gasteiger partial charge is 0.391 e. The van der Waals surface area contributed by atoms with Crippen molar-refractivity contribution in [2.45, 2.75) is 127 Å². The molecule has 4 nitrogen and oxygen atoms in total. The smallest absolute Gasteiger partial charge is 0.110 e. The molecule has 0 amide bonds. The molecule has 0 aliphatic rings. The van der Waals surface area contributed by atoms with E-state index in [2.05, 4.69) is 13.8 Å². The van der Waals surface area contributed by atoms with Crippen molar-refractivity contribution < 1.29 is 20.4 Å². The van der Waals surface area contributed by atoms with E-state index in [4.69, 9.17) is 0 Å². The summed E-state index contributed by atoms with van der Waals surface area (Å²) in [5.74, 6) is 1.91. The summed E-state index contributed by atoms with van der Waals surface area (Å²) >= 11 is 3.37. The van der Waals surface area contributed by atoms with Crippen LogP contribution in [0.15, 0.2) is 0 Å². The predicted molar refractivity (Wildman–Crippen MR) is 125 cm³/mol. The van der Waals surface area contributed by atoms with E-state index in [1.807, 2.05) is 0 Å². The lowest BCUT2D eigenvalue weighted by Crippen LogP contribution is -2.46. The zero-order chi connectivity index (χ0) is 21.2. The Morgan fingerprint density at radius 3 is 1.32 bits per heavy atom. The second kappa shape index (κ2) is 19.5. The molecule has 0 bridgehead atoms. The first-order valence-corrected chi connectivity index (χ1v) is 13.5. The van der Waals surface area contributed by atoms with E-state index in [9.17, 15) is 20.4 Å². The van der Waals surface area contributed by atoms with Gasteiger partial charge in [0, 0.05) is 0 Å². The van der Waals surface area contributed by atoms with Crippen LogP contribution in [0.3, 0.4) is 0 Å². The monoisotopic (exact) mass is 438 g/mol. The van der Waals surface area contributed by atoms with E-state index in [0.29, 0.717) is 0 Å². The number of hydrogen-bond donors (Lipinski definition) is 4. The van der Waals surface area contributed by atoms with Crippen molar-refractivity contribution in [3.63, 3.8) is 0 Å². The molecule has 0 saturated carbocycles. The van der Waals surface area contributed by atoms with Crippen molar-refractivity contribution in [3.8, 4) is 0 Å². The Kier molecular flexibility index (Phi) is 19.9. The lowest BCUT2D eigenvalue weighted by atomic mass is 10.1. The highest BCUT2D eigenvalue weighted by Gasteiger charge is 2.33. The van der Waals surface area contributed by atoms with E-state index < -0.39 is 24.4 Å². The third kappa shape index (κ3) is 14.5. The summed E-state index contributed by atoms with van der Waals surface area (Å²) < 4.78 is -0.172. The van der Waals surface area contributed by atoms with Crippen LogP contribution in [0.2, 0.25) is 0 Å². The minimum atomic E-state index is -1.32. The fourth-order valence-electron chi connectivity index (χ4n) is 3.06. The molecule has 170 valence electrons. The molecule has 0 fully saturated rings. The van der Waals surface area contributed by atoms with Crippen LogP contribution in [0.5, 0.6) is 0 Å². The van der Waals surface area contributed by atoms with Gasteiger partial charge in [-0.2, -0.15) is 0 Å². The molecule has 0 aromatic heterocycles. The number of rotatable bonds is 20. The Labute approximate surface area is 182 Å². The summed E-state index contributed by atoms with van der Waals surface area (Å²) in [7, 11) is 0. The number of unbranched alkanes of at least 4 members (excludes halogenated alkanes) is 10. The molecule has 28 heavy (non-hydrogen) atoms. The molecule has 0 saturated heterocycles. The molecule has 0 heterocycles. The van der Waals surface area contributed by atoms with Crippen molar-refractivity contribution in [1.29, 1.82) is 0 Å². The maximum atomic E-state index is 10.6. The highest BCUT2D eigenvalue weighted by molar-refractivity contribution is 8.17.